The fourth-order valence-electron chi connectivity index (χ4n) is 2.15. The van der Waals surface area contributed by atoms with Crippen LogP contribution in [0.4, 0.5) is 18.9 Å². The maximum Gasteiger partial charge on any atom is 0.435 e. The molecule has 21 heavy (non-hydrogen) atoms. The number of pyridine rings is 1. The van der Waals surface area contributed by atoms with Gasteiger partial charge in [-0.3, -0.25) is 0 Å². The van der Waals surface area contributed by atoms with Crippen molar-refractivity contribution in [2.45, 2.75) is 6.18 Å². The maximum absolute atomic E-state index is 13.2. The highest BCUT2D eigenvalue weighted by molar-refractivity contribution is 5.83. The van der Waals surface area contributed by atoms with Crippen LogP contribution in [0.3, 0.4) is 0 Å². The molecule has 0 radical (unpaired) electrons. The molecule has 2 aromatic rings. The van der Waals surface area contributed by atoms with Crippen molar-refractivity contribution in [3.05, 3.63) is 36.0 Å². The smallest absolute Gasteiger partial charge is 0.395 e. The van der Waals surface area contributed by atoms with Gasteiger partial charge in [0.05, 0.1) is 24.4 Å². The lowest BCUT2D eigenvalue weighted by Crippen LogP contribution is -2.32. The molecular weight excluding hydrogens is 285 g/mol. The number of halogens is 3. The zero-order chi connectivity index (χ0) is 15.5. The number of para-hydroxylation sites is 1. The molecule has 4 nitrogen and oxygen atoms in total. The highest BCUT2D eigenvalue weighted by Crippen LogP contribution is 2.36. The average molecular weight is 300 g/mol. The molecule has 7 heteroatoms. The number of aliphatic hydroxyl groups is 2. The Morgan fingerprint density at radius 1 is 1.05 bits per heavy atom. The summed E-state index contributed by atoms with van der Waals surface area (Å²) in [5.74, 6) is 0. The highest BCUT2D eigenvalue weighted by Gasteiger charge is 2.37. The van der Waals surface area contributed by atoms with Crippen LogP contribution in [0.15, 0.2) is 30.3 Å². The van der Waals surface area contributed by atoms with E-state index in [0.29, 0.717) is 5.39 Å². The lowest BCUT2D eigenvalue weighted by Gasteiger charge is -2.26. The Kier molecular flexibility index (Phi) is 4.64. The van der Waals surface area contributed by atoms with Crippen molar-refractivity contribution in [2.75, 3.05) is 31.2 Å². The summed E-state index contributed by atoms with van der Waals surface area (Å²) in [6.07, 6.45) is -4.61. The second kappa shape index (κ2) is 6.28. The monoisotopic (exact) mass is 300 g/mol. The summed E-state index contributed by atoms with van der Waals surface area (Å²) in [6, 6.07) is 7.90. The Labute approximate surface area is 119 Å². The quantitative estimate of drug-likeness (QED) is 0.887. The van der Waals surface area contributed by atoms with Gasteiger partial charge in [0, 0.05) is 18.5 Å². The van der Waals surface area contributed by atoms with Crippen molar-refractivity contribution in [3.8, 4) is 0 Å². The third kappa shape index (κ3) is 3.43. The summed E-state index contributed by atoms with van der Waals surface area (Å²) in [6.45, 7) is -0.651. The Bertz CT molecular complexity index is 611. The van der Waals surface area contributed by atoms with Crippen LogP contribution >= 0.6 is 0 Å². The topological polar surface area (TPSA) is 56.6 Å². The van der Waals surface area contributed by atoms with Gasteiger partial charge in [-0.1, -0.05) is 18.2 Å². The SMILES string of the molecule is OCCN(CCO)c1cc2ccccc2nc1C(F)(F)F. The number of fused-ring (bicyclic) bond motifs is 1. The predicted molar refractivity (Wildman–Crippen MR) is 73.1 cm³/mol. The van der Waals surface area contributed by atoms with E-state index >= 15 is 0 Å². The van der Waals surface area contributed by atoms with Crippen LogP contribution in [-0.2, 0) is 6.18 Å². The van der Waals surface area contributed by atoms with E-state index in [4.69, 9.17) is 10.2 Å². The highest BCUT2D eigenvalue weighted by atomic mass is 19.4. The molecule has 1 aromatic heterocycles. The normalized spacial score (nSPS) is 11.9. The number of rotatable bonds is 5. The van der Waals surface area contributed by atoms with E-state index in [1.807, 2.05) is 0 Å². The van der Waals surface area contributed by atoms with Gasteiger partial charge in [-0.2, -0.15) is 13.2 Å². The number of aliphatic hydroxyl groups excluding tert-OH is 2. The van der Waals surface area contributed by atoms with Crippen LogP contribution in [0.1, 0.15) is 5.69 Å². The fourth-order valence-corrected chi connectivity index (χ4v) is 2.15. The van der Waals surface area contributed by atoms with Gasteiger partial charge in [0.2, 0.25) is 0 Å². The van der Waals surface area contributed by atoms with Crippen LogP contribution in [0.5, 0.6) is 0 Å². The maximum atomic E-state index is 13.2. The second-order valence-electron chi connectivity index (χ2n) is 4.48. The minimum absolute atomic E-state index is 0.0103. The molecule has 1 aromatic carbocycles. The molecule has 0 fully saturated rings. The van der Waals surface area contributed by atoms with Gasteiger partial charge in [0.1, 0.15) is 0 Å². The van der Waals surface area contributed by atoms with E-state index in [2.05, 4.69) is 4.98 Å². The van der Waals surface area contributed by atoms with Crippen molar-refractivity contribution in [2.24, 2.45) is 0 Å². The summed E-state index contributed by atoms with van der Waals surface area (Å²) in [7, 11) is 0. The first kappa shape index (κ1) is 15.5. The molecule has 0 aliphatic heterocycles. The molecule has 2 N–H and O–H groups in total. The molecule has 2 rings (SSSR count). The Hall–Kier alpha value is -1.86. The Balaban J connectivity index is 2.62. The second-order valence-corrected chi connectivity index (χ2v) is 4.48. The summed E-state index contributed by atoms with van der Waals surface area (Å²) >= 11 is 0. The number of benzene rings is 1. The molecular formula is C14H15F3N2O2. The molecule has 1 heterocycles. The molecule has 0 amide bonds. The number of anilines is 1. The predicted octanol–water partition coefficient (Wildman–Crippen LogP) is 2.04. The summed E-state index contributed by atoms with van der Waals surface area (Å²) in [4.78, 5) is 4.98. The molecule has 0 atom stereocenters. The number of hydrogen-bond donors (Lipinski definition) is 2. The van der Waals surface area contributed by atoms with Crippen molar-refractivity contribution >= 4 is 16.6 Å². The van der Waals surface area contributed by atoms with Gasteiger partial charge in [0.15, 0.2) is 5.69 Å². The van der Waals surface area contributed by atoms with Gasteiger partial charge in [-0.25, -0.2) is 4.98 Å². The van der Waals surface area contributed by atoms with Crippen molar-refractivity contribution in [3.63, 3.8) is 0 Å². The first-order valence-corrected chi connectivity index (χ1v) is 6.41. The van der Waals surface area contributed by atoms with Gasteiger partial charge in [-0.15, -0.1) is 0 Å². The van der Waals surface area contributed by atoms with Crippen LogP contribution < -0.4 is 4.90 Å². The molecule has 0 bridgehead atoms. The minimum atomic E-state index is -4.61. The van der Waals surface area contributed by atoms with Crippen molar-refractivity contribution < 1.29 is 23.4 Å². The largest absolute Gasteiger partial charge is 0.435 e. The lowest BCUT2D eigenvalue weighted by molar-refractivity contribution is -0.140. The third-order valence-electron chi connectivity index (χ3n) is 3.05. The minimum Gasteiger partial charge on any atom is -0.395 e. The zero-order valence-corrected chi connectivity index (χ0v) is 11.1. The van der Waals surface area contributed by atoms with E-state index in [1.54, 1.807) is 18.2 Å². The van der Waals surface area contributed by atoms with Gasteiger partial charge in [-0.05, 0) is 12.1 Å². The Morgan fingerprint density at radius 3 is 2.24 bits per heavy atom. The molecule has 0 aliphatic rings. The summed E-state index contributed by atoms with van der Waals surface area (Å²) in [5.41, 5.74) is -0.895. The first-order valence-electron chi connectivity index (χ1n) is 6.41. The van der Waals surface area contributed by atoms with Crippen LogP contribution in [0.25, 0.3) is 10.9 Å². The molecule has 0 aliphatic carbocycles. The van der Waals surface area contributed by atoms with E-state index in [1.165, 1.54) is 17.0 Å². The van der Waals surface area contributed by atoms with Gasteiger partial charge in [0.25, 0.3) is 0 Å². The van der Waals surface area contributed by atoms with Gasteiger partial charge >= 0.3 is 6.18 Å². The molecule has 0 spiro atoms. The molecule has 0 saturated carbocycles. The zero-order valence-electron chi connectivity index (χ0n) is 11.1. The average Bonchev–Trinajstić information content (AvgIpc) is 2.45. The van der Waals surface area contributed by atoms with Crippen LogP contribution in [0.2, 0.25) is 0 Å². The van der Waals surface area contributed by atoms with Crippen molar-refractivity contribution in [1.29, 1.82) is 0 Å². The third-order valence-corrected chi connectivity index (χ3v) is 3.05. The van der Waals surface area contributed by atoms with Crippen molar-refractivity contribution in [1.82, 2.24) is 4.98 Å². The molecule has 114 valence electrons. The number of hydrogen-bond acceptors (Lipinski definition) is 4. The number of aromatic nitrogens is 1. The van der Waals surface area contributed by atoms with Crippen LogP contribution in [0, 0.1) is 0 Å². The van der Waals surface area contributed by atoms with E-state index < -0.39 is 11.9 Å². The molecule has 0 unspecified atom stereocenters. The lowest BCUT2D eigenvalue weighted by atomic mass is 10.1. The van der Waals surface area contributed by atoms with Gasteiger partial charge < -0.3 is 15.1 Å². The Morgan fingerprint density at radius 2 is 1.67 bits per heavy atom. The molecule has 0 saturated heterocycles. The summed E-state index contributed by atoms with van der Waals surface area (Å²) in [5, 5.41) is 18.6. The number of nitrogens with zero attached hydrogens (tertiary/aromatic N) is 2. The van der Waals surface area contributed by atoms with E-state index in [9.17, 15) is 13.2 Å². The van der Waals surface area contributed by atoms with Crippen LogP contribution in [-0.4, -0.2) is 41.5 Å². The van der Waals surface area contributed by atoms with E-state index in [-0.39, 0.29) is 37.5 Å². The van der Waals surface area contributed by atoms with E-state index in [0.717, 1.165) is 0 Å². The first-order chi connectivity index (χ1) is 9.97. The fraction of sp³-hybridized carbons (Fsp3) is 0.357. The standard InChI is InChI=1S/C14H15F3N2O2/c15-14(16,17)13-12(19(5-7-20)6-8-21)9-10-3-1-2-4-11(10)18-13/h1-4,9,20-21H,5-8H2. The summed E-state index contributed by atoms with van der Waals surface area (Å²) < 4.78 is 39.6. The number of alkyl halides is 3.